The minimum Gasteiger partial charge on any atom is -0.469 e. The van der Waals surface area contributed by atoms with Gasteiger partial charge >= 0.3 is 5.97 Å². The molecule has 0 aromatic heterocycles. The fourth-order valence-electron chi connectivity index (χ4n) is 1.52. The Morgan fingerprint density at radius 3 is 2.65 bits per heavy atom. The second kappa shape index (κ2) is 6.72. The largest absolute Gasteiger partial charge is 0.469 e. The molecule has 0 spiro atoms. The SMILES string of the molecule is C#CC(C)NCC(C(=O)OC)c1ccccc1. The predicted octanol–water partition coefficient (Wildman–Crippen LogP) is 1.55. The van der Waals surface area contributed by atoms with Crippen LogP contribution in [0.2, 0.25) is 0 Å². The van der Waals surface area contributed by atoms with Crippen LogP contribution in [0.15, 0.2) is 30.3 Å². The van der Waals surface area contributed by atoms with Gasteiger partial charge < -0.3 is 10.1 Å². The maximum absolute atomic E-state index is 11.7. The quantitative estimate of drug-likeness (QED) is 0.617. The molecule has 0 aliphatic rings. The van der Waals surface area contributed by atoms with E-state index in [4.69, 9.17) is 11.2 Å². The number of terminal acetylenes is 1. The summed E-state index contributed by atoms with van der Waals surface area (Å²) < 4.78 is 4.80. The van der Waals surface area contributed by atoms with Crippen molar-refractivity contribution >= 4 is 5.97 Å². The fourth-order valence-corrected chi connectivity index (χ4v) is 1.52. The van der Waals surface area contributed by atoms with E-state index < -0.39 is 0 Å². The number of hydrogen-bond donors (Lipinski definition) is 1. The highest BCUT2D eigenvalue weighted by molar-refractivity contribution is 5.78. The summed E-state index contributed by atoms with van der Waals surface area (Å²) >= 11 is 0. The van der Waals surface area contributed by atoms with Crippen LogP contribution in [-0.4, -0.2) is 25.7 Å². The molecule has 0 bridgehead atoms. The van der Waals surface area contributed by atoms with Crippen LogP contribution in [-0.2, 0) is 9.53 Å². The van der Waals surface area contributed by atoms with Crippen molar-refractivity contribution in [1.82, 2.24) is 5.32 Å². The Morgan fingerprint density at radius 1 is 1.47 bits per heavy atom. The number of nitrogens with one attached hydrogen (secondary N) is 1. The van der Waals surface area contributed by atoms with E-state index in [1.165, 1.54) is 7.11 Å². The standard InChI is InChI=1S/C14H17NO2/c1-4-11(2)15-10-13(14(16)17-3)12-8-6-5-7-9-12/h1,5-9,11,13,15H,10H2,2-3H3. The van der Waals surface area contributed by atoms with Crippen molar-refractivity contribution in [2.24, 2.45) is 0 Å². The zero-order valence-electron chi connectivity index (χ0n) is 10.1. The maximum Gasteiger partial charge on any atom is 0.314 e. The summed E-state index contributed by atoms with van der Waals surface area (Å²) in [5.74, 6) is 1.99. The van der Waals surface area contributed by atoms with Gasteiger partial charge in [-0.2, -0.15) is 0 Å². The number of esters is 1. The van der Waals surface area contributed by atoms with E-state index in [1.807, 2.05) is 37.3 Å². The average Bonchev–Trinajstić information content (AvgIpc) is 2.39. The Bertz CT molecular complexity index is 394. The van der Waals surface area contributed by atoms with Crippen molar-refractivity contribution in [2.45, 2.75) is 18.9 Å². The second-order valence-corrected chi connectivity index (χ2v) is 3.78. The summed E-state index contributed by atoms with van der Waals surface area (Å²) in [6.07, 6.45) is 5.28. The molecule has 1 N–H and O–H groups in total. The number of methoxy groups -OCH3 is 1. The van der Waals surface area contributed by atoms with E-state index in [0.717, 1.165) is 5.56 Å². The topological polar surface area (TPSA) is 38.3 Å². The van der Waals surface area contributed by atoms with Gasteiger partial charge in [-0.1, -0.05) is 36.3 Å². The van der Waals surface area contributed by atoms with Gasteiger partial charge in [0, 0.05) is 6.54 Å². The fraction of sp³-hybridized carbons (Fsp3) is 0.357. The second-order valence-electron chi connectivity index (χ2n) is 3.78. The molecule has 2 atom stereocenters. The molecule has 0 saturated carbocycles. The maximum atomic E-state index is 11.7. The molecule has 90 valence electrons. The van der Waals surface area contributed by atoms with E-state index in [-0.39, 0.29) is 17.9 Å². The van der Waals surface area contributed by atoms with Crippen LogP contribution in [0.4, 0.5) is 0 Å². The molecule has 0 aliphatic carbocycles. The lowest BCUT2D eigenvalue weighted by molar-refractivity contribution is -0.142. The molecule has 17 heavy (non-hydrogen) atoms. The Kier molecular flexibility index (Phi) is 5.25. The molecule has 2 unspecified atom stereocenters. The van der Waals surface area contributed by atoms with Crippen LogP contribution in [0.25, 0.3) is 0 Å². The van der Waals surface area contributed by atoms with Gasteiger partial charge in [0.25, 0.3) is 0 Å². The van der Waals surface area contributed by atoms with Crippen LogP contribution in [0, 0.1) is 12.3 Å². The molecule has 0 saturated heterocycles. The zero-order valence-corrected chi connectivity index (χ0v) is 10.1. The molecule has 0 fully saturated rings. The zero-order chi connectivity index (χ0) is 12.7. The van der Waals surface area contributed by atoms with Gasteiger partial charge in [-0.3, -0.25) is 4.79 Å². The molecule has 3 nitrogen and oxygen atoms in total. The molecule has 1 aromatic rings. The third-order valence-corrected chi connectivity index (χ3v) is 2.57. The van der Waals surface area contributed by atoms with Gasteiger partial charge in [0.15, 0.2) is 0 Å². The number of benzene rings is 1. The lowest BCUT2D eigenvalue weighted by Crippen LogP contribution is -2.32. The first-order valence-corrected chi connectivity index (χ1v) is 5.51. The molecule has 0 radical (unpaired) electrons. The molecular weight excluding hydrogens is 214 g/mol. The number of rotatable bonds is 5. The third kappa shape index (κ3) is 3.93. The van der Waals surface area contributed by atoms with E-state index in [9.17, 15) is 4.79 Å². The normalized spacial score (nSPS) is 13.5. The Hall–Kier alpha value is -1.79. The molecule has 1 rings (SSSR count). The van der Waals surface area contributed by atoms with Crippen molar-refractivity contribution in [1.29, 1.82) is 0 Å². The predicted molar refractivity (Wildman–Crippen MR) is 67.5 cm³/mol. The Labute approximate surface area is 102 Å². The summed E-state index contributed by atoms with van der Waals surface area (Å²) in [5, 5.41) is 3.11. The first-order chi connectivity index (χ1) is 8.19. The summed E-state index contributed by atoms with van der Waals surface area (Å²) in [6.45, 7) is 2.35. The monoisotopic (exact) mass is 231 g/mol. The first kappa shape index (κ1) is 13.3. The highest BCUT2D eigenvalue weighted by Gasteiger charge is 2.21. The number of carbonyl (C=O) groups is 1. The highest BCUT2D eigenvalue weighted by Crippen LogP contribution is 2.16. The van der Waals surface area contributed by atoms with Crippen LogP contribution >= 0.6 is 0 Å². The van der Waals surface area contributed by atoms with Gasteiger partial charge in [0.05, 0.1) is 19.1 Å². The van der Waals surface area contributed by atoms with Crippen LogP contribution in [0.5, 0.6) is 0 Å². The number of ether oxygens (including phenoxy) is 1. The highest BCUT2D eigenvalue weighted by atomic mass is 16.5. The summed E-state index contributed by atoms with van der Waals surface area (Å²) in [7, 11) is 1.39. The van der Waals surface area contributed by atoms with Gasteiger partial charge in [-0.25, -0.2) is 0 Å². The van der Waals surface area contributed by atoms with Gasteiger partial charge in [0.1, 0.15) is 0 Å². The lowest BCUT2D eigenvalue weighted by atomic mass is 9.99. The molecule has 0 amide bonds. The van der Waals surface area contributed by atoms with E-state index in [1.54, 1.807) is 0 Å². The third-order valence-electron chi connectivity index (χ3n) is 2.57. The molecule has 0 aliphatic heterocycles. The number of hydrogen-bond acceptors (Lipinski definition) is 3. The molecule has 1 aromatic carbocycles. The average molecular weight is 231 g/mol. The van der Waals surface area contributed by atoms with E-state index in [0.29, 0.717) is 6.54 Å². The summed E-state index contributed by atoms with van der Waals surface area (Å²) in [6, 6.07) is 9.46. The van der Waals surface area contributed by atoms with Gasteiger partial charge in [-0.05, 0) is 12.5 Å². The molecule has 0 heterocycles. The van der Waals surface area contributed by atoms with Crippen LogP contribution in [0.1, 0.15) is 18.4 Å². The smallest absolute Gasteiger partial charge is 0.314 e. The summed E-state index contributed by atoms with van der Waals surface area (Å²) in [4.78, 5) is 11.7. The minimum absolute atomic E-state index is 0.0640. The molecule has 3 heteroatoms. The van der Waals surface area contributed by atoms with E-state index >= 15 is 0 Å². The van der Waals surface area contributed by atoms with Crippen molar-refractivity contribution < 1.29 is 9.53 Å². The first-order valence-electron chi connectivity index (χ1n) is 5.51. The van der Waals surface area contributed by atoms with Crippen molar-refractivity contribution in [2.75, 3.05) is 13.7 Å². The number of carbonyl (C=O) groups excluding carboxylic acids is 1. The van der Waals surface area contributed by atoms with Gasteiger partial charge in [-0.15, -0.1) is 6.42 Å². The van der Waals surface area contributed by atoms with E-state index in [2.05, 4.69) is 11.2 Å². The molecular formula is C14H17NO2. The minimum atomic E-state index is -0.322. The van der Waals surface area contributed by atoms with Crippen molar-refractivity contribution in [3.8, 4) is 12.3 Å². The summed E-state index contributed by atoms with van der Waals surface area (Å²) in [5.41, 5.74) is 0.927. The van der Waals surface area contributed by atoms with Crippen LogP contribution in [0.3, 0.4) is 0 Å². The van der Waals surface area contributed by atoms with Crippen molar-refractivity contribution in [3.05, 3.63) is 35.9 Å². The van der Waals surface area contributed by atoms with Crippen LogP contribution < -0.4 is 5.32 Å². The lowest BCUT2D eigenvalue weighted by Gasteiger charge is -2.17. The van der Waals surface area contributed by atoms with Crippen molar-refractivity contribution in [3.63, 3.8) is 0 Å². The Morgan fingerprint density at radius 2 is 2.12 bits per heavy atom. The van der Waals surface area contributed by atoms with Gasteiger partial charge in [0.2, 0.25) is 0 Å². The Balaban J connectivity index is 2.76.